The number of Topliss-reactive ketones (excluding diaryl/α,β-unsaturated/α-hetero) is 1. The van der Waals surface area contributed by atoms with Gasteiger partial charge in [-0.1, -0.05) is 42.3 Å². The number of hydrazine groups is 1. The lowest BCUT2D eigenvalue weighted by Crippen LogP contribution is -2.52. The molecule has 0 N–H and O–H groups in total. The maximum atomic E-state index is 13.7. The second kappa shape index (κ2) is 12.4. The van der Waals surface area contributed by atoms with E-state index < -0.39 is 52.8 Å². The number of amides is 3. The lowest BCUT2D eigenvalue weighted by molar-refractivity contribution is -0.384. The molecule has 1 aliphatic carbocycles. The lowest BCUT2D eigenvalue weighted by atomic mass is 9.78. The van der Waals surface area contributed by atoms with Gasteiger partial charge in [0.15, 0.2) is 5.78 Å². The van der Waals surface area contributed by atoms with Crippen molar-refractivity contribution in [1.29, 1.82) is 0 Å². The van der Waals surface area contributed by atoms with Crippen LogP contribution in [-0.4, -0.2) is 51.0 Å². The number of carbonyl (C=O) groups excluding carboxylic acids is 5. The Kier molecular flexibility index (Phi) is 8.61. The van der Waals surface area contributed by atoms with Gasteiger partial charge < -0.3 is 4.74 Å². The molecule has 0 aromatic heterocycles. The van der Waals surface area contributed by atoms with Crippen LogP contribution in [0.4, 0.5) is 5.69 Å². The minimum atomic E-state index is -0.861. The molecule has 3 atom stereocenters. The van der Waals surface area contributed by atoms with Gasteiger partial charge in [0.1, 0.15) is 12.3 Å². The first kappa shape index (κ1) is 30.6. The summed E-state index contributed by atoms with van der Waals surface area (Å²) in [5.74, 6) is -5.00. The Labute approximate surface area is 260 Å². The number of carbonyl (C=O) groups is 5. The second-order valence-electron chi connectivity index (χ2n) is 10.3. The zero-order valence-electron chi connectivity index (χ0n) is 23.0. The van der Waals surface area contributed by atoms with E-state index in [-0.39, 0.29) is 39.1 Å². The van der Waals surface area contributed by atoms with E-state index in [4.69, 9.17) is 27.9 Å². The quantitative estimate of drug-likeness (QED) is 0.0595. The fourth-order valence-electron chi connectivity index (χ4n) is 5.23. The Hall–Kier alpha value is -4.87. The van der Waals surface area contributed by atoms with Crippen LogP contribution >= 0.6 is 23.2 Å². The molecule has 224 valence electrons. The number of rotatable bonds is 8. The average molecular weight is 636 g/mol. The van der Waals surface area contributed by atoms with E-state index in [0.717, 1.165) is 22.2 Å². The van der Waals surface area contributed by atoms with Gasteiger partial charge in [0.05, 0.1) is 27.3 Å². The number of nitro benzene ring substituents is 1. The molecule has 1 saturated heterocycles. The van der Waals surface area contributed by atoms with Crippen molar-refractivity contribution in [3.05, 3.63) is 116 Å². The van der Waals surface area contributed by atoms with E-state index >= 15 is 0 Å². The minimum Gasteiger partial charge on any atom is -0.423 e. The predicted octanol–water partition coefficient (Wildman–Crippen LogP) is 5.56. The van der Waals surface area contributed by atoms with Crippen LogP contribution in [0.1, 0.15) is 44.4 Å². The molecule has 5 rings (SSSR count). The van der Waals surface area contributed by atoms with Gasteiger partial charge in [-0.3, -0.25) is 29.3 Å². The largest absolute Gasteiger partial charge is 0.423 e. The number of nitro groups is 1. The Morgan fingerprint density at radius 1 is 0.977 bits per heavy atom. The highest BCUT2D eigenvalue weighted by Crippen LogP contribution is 2.39. The number of ether oxygens (including phenoxy) is 1. The molecule has 2 aliphatic rings. The first-order valence-electron chi connectivity index (χ1n) is 13.4. The standard InChI is InChI=1S/C31H23Cl2N3O8/c1-17-3-2-4-24-27(17)30(40)35(29(24)39)34(28(38)19-5-10-21(11-6-19)36(42)43)16-26(37)18-7-12-22(13-8-18)44-31(41)23-14-9-20(32)15-25(23)33/h2-3,5-15,17,24,27H,4,16H2,1H3/t17-,24+,27+/m1/s1. The molecule has 1 fully saturated rings. The third kappa shape index (κ3) is 5.97. The summed E-state index contributed by atoms with van der Waals surface area (Å²) in [6.07, 6.45) is 3.95. The summed E-state index contributed by atoms with van der Waals surface area (Å²) in [5.41, 5.74) is -0.139. The maximum Gasteiger partial charge on any atom is 0.345 e. The summed E-state index contributed by atoms with van der Waals surface area (Å²) < 4.78 is 5.34. The molecule has 3 aromatic rings. The zero-order chi connectivity index (χ0) is 31.7. The fourth-order valence-corrected chi connectivity index (χ4v) is 5.72. The monoisotopic (exact) mass is 635 g/mol. The molecule has 0 unspecified atom stereocenters. The summed E-state index contributed by atoms with van der Waals surface area (Å²) in [6.45, 7) is 1.11. The van der Waals surface area contributed by atoms with Crippen LogP contribution in [-0.2, 0) is 9.59 Å². The molecule has 3 amide bonds. The van der Waals surface area contributed by atoms with Gasteiger partial charge >= 0.3 is 5.97 Å². The molecule has 0 saturated carbocycles. The number of fused-ring (bicyclic) bond motifs is 1. The number of benzene rings is 3. The van der Waals surface area contributed by atoms with Crippen molar-refractivity contribution in [2.75, 3.05) is 6.54 Å². The third-order valence-corrected chi connectivity index (χ3v) is 8.03. The number of imide groups is 1. The van der Waals surface area contributed by atoms with E-state index in [9.17, 15) is 34.1 Å². The number of allylic oxidation sites excluding steroid dienone is 2. The van der Waals surface area contributed by atoms with Crippen molar-refractivity contribution < 1.29 is 33.6 Å². The van der Waals surface area contributed by atoms with Gasteiger partial charge in [-0.2, -0.15) is 5.01 Å². The van der Waals surface area contributed by atoms with E-state index in [1.54, 1.807) is 6.92 Å². The first-order chi connectivity index (χ1) is 21.0. The van der Waals surface area contributed by atoms with Crippen LogP contribution in [0.25, 0.3) is 0 Å². The maximum absolute atomic E-state index is 13.7. The second-order valence-corrected chi connectivity index (χ2v) is 11.1. The summed E-state index contributed by atoms with van der Waals surface area (Å²) in [6, 6.07) is 14.4. The summed E-state index contributed by atoms with van der Waals surface area (Å²) in [4.78, 5) is 77.1. The van der Waals surface area contributed by atoms with Crippen LogP contribution in [0.5, 0.6) is 5.75 Å². The number of non-ortho nitro benzene ring substituents is 1. The van der Waals surface area contributed by atoms with Gasteiger partial charge in [-0.15, -0.1) is 0 Å². The third-order valence-electron chi connectivity index (χ3n) is 7.48. The van der Waals surface area contributed by atoms with Crippen LogP contribution in [0, 0.1) is 27.9 Å². The van der Waals surface area contributed by atoms with Gasteiger partial charge in [-0.25, -0.2) is 9.80 Å². The molecule has 44 heavy (non-hydrogen) atoms. The molecule has 1 aliphatic heterocycles. The Morgan fingerprint density at radius 2 is 1.64 bits per heavy atom. The normalized spacial score (nSPS) is 19.0. The topological polar surface area (TPSA) is 144 Å². The van der Waals surface area contributed by atoms with Crippen molar-refractivity contribution in [2.24, 2.45) is 17.8 Å². The van der Waals surface area contributed by atoms with E-state index in [1.807, 2.05) is 12.2 Å². The van der Waals surface area contributed by atoms with Crippen LogP contribution in [0.3, 0.4) is 0 Å². The number of ketones is 1. The number of hydrogen-bond acceptors (Lipinski definition) is 8. The van der Waals surface area contributed by atoms with Crippen molar-refractivity contribution in [1.82, 2.24) is 10.0 Å². The van der Waals surface area contributed by atoms with Crippen molar-refractivity contribution in [2.45, 2.75) is 13.3 Å². The highest BCUT2D eigenvalue weighted by Gasteiger charge is 2.53. The van der Waals surface area contributed by atoms with Crippen molar-refractivity contribution in [3.8, 4) is 5.75 Å². The Balaban J connectivity index is 1.39. The van der Waals surface area contributed by atoms with E-state index in [1.165, 1.54) is 54.6 Å². The van der Waals surface area contributed by atoms with Crippen molar-refractivity contribution in [3.63, 3.8) is 0 Å². The Bertz CT molecular complexity index is 1720. The van der Waals surface area contributed by atoms with E-state index in [0.29, 0.717) is 11.4 Å². The molecule has 3 aromatic carbocycles. The smallest absolute Gasteiger partial charge is 0.345 e. The zero-order valence-corrected chi connectivity index (χ0v) is 24.5. The molecule has 0 radical (unpaired) electrons. The number of nitrogens with zero attached hydrogens (tertiary/aromatic N) is 3. The van der Waals surface area contributed by atoms with Gasteiger partial charge in [0, 0.05) is 28.3 Å². The lowest BCUT2D eigenvalue weighted by Gasteiger charge is -2.30. The van der Waals surface area contributed by atoms with Crippen molar-refractivity contribution >= 4 is 58.4 Å². The average Bonchev–Trinajstić information content (AvgIpc) is 3.25. The molecular formula is C31H23Cl2N3O8. The number of halogens is 2. The highest BCUT2D eigenvalue weighted by molar-refractivity contribution is 6.36. The molecule has 0 spiro atoms. The number of hydrogen-bond donors (Lipinski definition) is 0. The fraction of sp³-hybridized carbons (Fsp3) is 0.194. The molecule has 1 heterocycles. The first-order valence-corrected chi connectivity index (χ1v) is 14.1. The molecule has 0 bridgehead atoms. The van der Waals surface area contributed by atoms with Crippen LogP contribution in [0.15, 0.2) is 78.9 Å². The minimum absolute atomic E-state index is 0.0619. The summed E-state index contributed by atoms with van der Waals surface area (Å²) in [7, 11) is 0. The molecule has 13 heteroatoms. The van der Waals surface area contributed by atoms with Crippen LogP contribution < -0.4 is 4.74 Å². The Morgan fingerprint density at radius 3 is 2.25 bits per heavy atom. The van der Waals surface area contributed by atoms with Crippen LogP contribution in [0.2, 0.25) is 10.0 Å². The SMILES string of the molecule is C[C@@H]1C=CC[C@@H]2C(=O)N(N(CC(=O)c3ccc(OC(=O)c4ccc(Cl)cc4Cl)cc3)C(=O)c3ccc([N+](=O)[O-])cc3)C(=O)[C@@H]12. The highest BCUT2D eigenvalue weighted by atomic mass is 35.5. The molecule has 11 nitrogen and oxygen atoms in total. The van der Waals surface area contributed by atoms with Gasteiger partial charge in [0.25, 0.3) is 23.4 Å². The number of esters is 1. The summed E-state index contributed by atoms with van der Waals surface area (Å²) >= 11 is 11.9. The summed E-state index contributed by atoms with van der Waals surface area (Å²) in [5, 5.41) is 13.1. The predicted molar refractivity (Wildman–Crippen MR) is 158 cm³/mol. The van der Waals surface area contributed by atoms with Gasteiger partial charge in [0.2, 0.25) is 0 Å². The van der Waals surface area contributed by atoms with Gasteiger partial charge in [-0.05, 0) is 66.9 Å². The molecular weight excluding hydrogens is 613 g/mol. The van der Waals surface area contributed by atoms with E-state index in [2.05, 4.69) is 0 Å².